The maximum absolute atomic E-state index is 11.7. The van der Waals surface area contributed by atoms with E-state index in [1.807, 2.05) is 12.3 Å². The van der Waals surface area contributed by atoms with Gasteiger partial charge in [-0.3, -0.25) is 9.78 Å². The van der Waals surface area contributed by atoms with Crippen LogP contribution in [0.15, 0.2) is 35.3 Å². The maximum Gasteiger partial charge on any atom is 0.250 e. The van der Waals surface area contributed by atoms with E-state index in [-0.39, 0.29) is 5.56 Å². The third-order valence-corrected chi connectivity index (χ3v) is 5.41. The van der Waals surface area contributed by atoms with Crippen molar-refractivity contribution >= 4 is 11.0 Å². The summed E-state index contributed by atoms with van der Waals surface area (Å²) in [4.78, 5) is 20.4. The van der Waals surface area contributed by atoms with Crippen LogP contribution in [-0.2, 0) is 7.05 Å². The molecule has 4 heterocycles. The van der Waals surface area contributed by atoms with Crippen LogP contribution in [0.3, 0.4) is 0 Å². The largest absolute Gasteiger partial charge is 0.353 e. The highest BCUT2D eigenvalue weighted by Gasteiger charge is 2.21. The Morgan fingerprint density at radius 3 is 2.62 bits per heavy atom. The maximum atomic E-state index is 11.7. The number of piperidine rings is 1. The van der Waals surface area contributed by atoms with Gasteiger partial charge in [-0.1, -0.05) is 13.8 Å². The molecule has 4 rings (SSSR count). The molecule has 2 N–H and O–H groups in total. The first-order chi connectivity index (χ1) is 12.5. The first-order valence-electron chi connectivity index (χ1n) is 9.45. The van der Waals surface area contributed by atoms with Gasteiger partial charge in [-0.2, -0.15) is 0 Å². The Labute approximate surface area is 153 Å². The number of hydrogen-bond acceptors (Lipinski definition) is 3. The summed E-state index contributed by atoms with van der Waals surface area (Å²) >= 11 is 0. The highest BCUT2D eigenvalue weighted by Crippen LogP contribution is 2.35. The molecule has 1 fully saturated rings. The summed E-state index contributed by atoms with van der Waals surface area (Å²) in [6, 6.07) is 7.85. The van der Waals surface area contributed by atoms with Crippen LogP contribution in [-0.4, -0.2) is 27.6 Å². The average molecular weight is 350 g/mol. The molecule has 0 aliphatic carbocycles. The number of aromatic amines is 1. The van der Waals surface area contributed by atoms with E-state index in [0.717, 1.165) is 48.2 Å². The zero-order valence-corrected chi connectivity index (χ0v) is 15.7. The highest BCUT2D eigenvalue weighted by molar-refractivity contribution is 5.88. The standard InChI is InChI=1S/C21H26N4O/c1-13(2)19-20(15-4-7-18(26)25(3)12-15)24-17-6-5-16(23-21(17)19)14-8-10-22-11-9-14/h4-7,12-14,22,24H,8-11H2,1-3H3. The molecule has 3 aromatic heterocycles. The monoisotopic (exact) mass is 350 g/mol. The molecule has 0 saturated carbocycles. The fourth-order valence-electron chi connectivity index (χ4n) is 3.98. The third kappa shape index (κ3) is 2.97. The summed E-state index contributed by atoms with van der Waals surface area (Å²) in [5.41, 5.74) is 6.66. The topological polar surface area (TPSA) is 62.7 Å². The molecule has 0 unspecified atom stereocenters. The Morgan fingerprint density at radius 2 is 1.92 bits per heavy atom. The average Bonchev–Trinajstić information content (AvgIpc) is 3.03. The lowest BCUT2D eigenvalue weighted by atomic mass is 9.93. The van der Waals surface area contributed by atoms with Crippen LogP contribution in [0.1, 0.15) is 49.8 Å². The molecule has 1 aliphatic heterocycles. The van der Waals surface area contributed by atoms with E-state index in [1.165, 1.54) is 11.3 Å². The van der Waals surface area contributed by atoms with Crippen molar-refractivity contribution in [2.45, 2.75) is 38.5 Å². The van der Waals surface area contributed by atoms with Crippen molar-refractivity contribution in [2.75, 3.05) is 13.1 Å². The van der Waals surface area contributed by atoms with Crippen molar-refractivity contribution in [1.29, 1.82) is 0 Å². The Morgan fingerprint density at radius 1 is 1.15 bits per heavy atom. The Bertz CT molecular complexity index is 993. The second-order valence-electron chi connectivity index (χ2n) is 7.59. The first-order valence-corrected chi connectivity index (χ1v) is 9.45. The molecule has 26 heavy (non-hydrogen) atoms. The van der Waals surface area contributed by atoms with Crippen molar-refractivity contribution in [3.8, 4) is 11.3 Å². The number of pyridine rings is 2. The molecule has 3 aromatic rings. The smallest absolute Gasteiger partial charge is 0.250 e. The van der Waals surface area contributed by atoms with Gasteiger partial charge in [-0.15, -0.1) is 0 Å². The van der Waals surface area contributed by atoms with E-state index in [1.54, 1.807) is 17.7 Å². The van der Waals surface area contributed by atoms with Gasteiger partial charge in [-0.05, 0) is 50.0 Å². The van der Waals surface area contributed by atoms with E-state index in [9.17, 15) is 4.79 Å². The van der Waals surface area contributed by atoms with Crippen LogP contribution in [0.25, 0.3) is 22.3 Å². The van der Waals surface area contributed by atoms with Gasteiger partial charge in [0.2, 0.25) is 5.56 Å². The lowest BCUT2D eigenvalue weighted by Gasteiger charge is -2.22. The number of hydrogen-bond donors (Lipinski definition) is 2. The van der Waals surface area contributed by atoms with E-state index >= 15 is 0 Å². The van der Waals surface area contributed by atoms with Crippen LogP contribution in [0.5, 0.6) is 0 Å². The van der Waals surface area contributed by atoms with Gasteiger partial charge in [0.15, 0.2) is 0 Å². The number of rotatable bonds is 3. The van der Waals surface area contributed by atoms with Gasteiger partial charge in [0.25, 0.3) is 0 Å². The lowest BCUT2D eigenvalue weighted by molar-refractivity contribution is 0.454. The van der Waals surface area contributed by atoms with Crippen molar-refractivity contribution in [2.24, 2.45) is 7.05 Å². The summed E-state index contributed by atoms with van der Waals surface area (Å²) in [5.74, 6) is 0.878. The molecule has 1 aliphatic rings. The molecule has 0 amide bonds. The normalized spacial score (nSPS) is 15.8. The molecule has 136 valence electrons. The zero-order chi connectivity index (χ0) is 18.3. The predicted molar refractivity (Wildman–Crippen MR) is 106 cm³/mol. The molecule has 0 radical (unpaired) electrons. The zero-order valence-electron chi connectivity index (χ0n) is 15.7. The summed E-state index contributed by atoms with van der Waals surface area (Å²) < 4.78 is 1.62. The fraction of sp³-hybridized carbons (Fsp3) is 0.429. The van der Waals surface area contributed by atoms with Gasteiger partial charge < -0.3 is 14.9 Å². The van der Waals surface area contributed by atoms with Gasteiger partial charge in [0.1, 0.15) is 0 Å². The van der Waals surface area contributed by atoms with Crippen molar-refractivity contribution < 1.29 is 0 Å². The number of H-pyrrole nitrogens is 1. The SMILES string of the molecule is CC(C)c1c(-c2ccc(=O)n(C)c2)[nH]c2ccc(C3CCNCC3)nc12. The summed E-state index contributed by atoms with van der Waals surface area (Å²) in [5, 5.41) is 3.42. The number of nitrogens with one attached hydrogen (secondary N) is 2. The Kier molecular flexibility index (Phi) is 4.41. The van der Waals surface area contributed by atoms with Crippen LogP contribution in [0, 0.1) is 0 Å². The number of aryl methyl sites for hydroxylation is 1. The summed E-state index contributed by atoms with van der Waals surface area (Å²) in [6.07, 6.45) is 4.19. The van der Waals surface area contributed by atoms with E-state index < -0.39 is 0 Å². The minimum Gasteiger partial charge on any atom is -0.353 e. The van der Waals surface area contributed by atoms with Crippen LogP contribution in [0.4, 0.5) is 0 Å². The number of fused-ring (bicyclic) bond motifs is 1. The first kappa shape index (κ1) is 17.0. The lowest BCUT2D eigenvalue weighted by Crippen LogP contribution is -2.27. The van der Waals surface area contributed by atoms with E-state index in [2.05, 4.69) is 36.3 Å². The number of aromatic nitrogens is 3. The highest BCUT2D eigenvalue weighted by atomic mass is 16.1. The molecule has 0 atom stereocenters. The molecule has 5 nitrogen and oxygen atoms in total. The molecule has 5 heteroatoms. The van der Waals surface area contributed by atoms with Crippen LogP contribution >= 0.6 is 0 Å². The van der Waals surface area contributed by atoms with Crippen molar-refractivity contribution in [3.63, 3.8) is 0 Å². The predicted octanol–water partition coefficient (Wildman–Crippen LogP) is 3.52. The molecule has 0 spiro atoms. The minimum atomic E-state index is 0.00211. The second kappa shape index (κ2) is 6.72. The molecule has 1 saturated heterocycles. The summed E-state index contributed by atoms with van der Waals surface area (Å²) in [7, 11) is 1.79. The molecule has 0 bridgehead atoms. The number of nitrogens with zero attached hydrogens (tertiary/aromatic N) is 2. The van der Waals surface area contributed by atoms with Gasteiger partial charge in [0.05, 0.1) is 16.7 Å². The minimum absolute atomic E-state index is 0.00211. The Hall–Kier alpha value is -2.40. The van der Waals surface area contributed by atoms with Crippen LogP contribution < -0.4 is 10.9 Å². The Balaban J connectivity index is 1.86. The molecule has 0 aromatic carbocycles. The van der Waals surface area contributed by atoms with Crippen molar-refractivity contribution in [1.82, 2.24) is 19.9 Å². The molecular formula is C21H26N4O. The van der Waals surface area contributed by atoms with E-state index in [4.69, 9.17) is 4.98 Å². The fourth-order valence-corrected chi connectivity index (χ4v) is 3.98. The van der Waals surface area contributed by atoms with Crippen molar-refractivity contribution in [3.05, 3.63) is 52.1 Å². The van der Waals surface area contributed by atoms with Gasteiger partial charge >= 0.3 is 0 Å². The second-order valence-corrected chi connectivity index (χ2v) is 7.59. The summed E-state index contributed by atoms with van der Waals surface area (Å²) in [6.45, 7) is 6.54. The van der Waals surface area contributed by atoms with E-state index in [0.29, 0.717) is 11.8 Å². The quantitative estimate of drug-likeness (QED) is 0.760. The molecular weight excluding hydrogens is 324 g/mol. The van der Waals surface area contributed by atoms with Gasteiger partial charge in [0, 0.05) is 42.0 Å². The third-order valence-electron chi connectivity index (χ3n) is 5.41. The van der Waals surface area contributed by atoms with Crippen LogP contribution in [0.2, 0.25) is 0 Å². The van der Waals surface area contributed by atoms with Gasteiger partial charge in [-0.25, -0.2) is 0 Å².